The van der Waals surface area contributed by atoms with Gasteiger partial charge in [0.05, 0.1) is 13.2 Å². The van der Waals surface area contributed by atoms with E-state index in [1.807, 2.05) is 0 Å². The van der Waals surface area contributed by atoms with Crippen molar-refractivity contribution >= 4 is 13.4 Å². The lowest BCUT2D eigenvalue weighted by atomic mass is 10.0. The lowest BCUT2D eigenvalue weighted by Gasteiger charge is -2.32. The van der Waals surface area contributed by atoms with Gasteiger partial charge in [0.25, 0.3) is 0 Å². The van der Waals surface area contributed by atoms with Gasteiger partial charge in [0, 0.05) is 17.9 Å². The molecule has 8 nitrogen and oxygen atoms in total. The van der Waals surface area contributed by atoms with Gasteiger partial charge in [0.1, 0.15) is 11.4 Å². The summed E-state index contributed by atoms with van der Waals surface area (Å²) in [5, 5.41) is 0.0303. The molecule has 1 unspecified atom stereocenters. The Morgan fingerprint density at radius 3 is 2.90 bits per heavy atom. The van der Waals surface area contributed by atoms with Gasteiger partial charge in [0.2, 0.25) is 0 Å². The molecular formula is C11H16N3O5P. The summed E-state index contributed by atoms with van der Waals surface area (Å²) >= 11 is 0. The second-order valence-corrected chi connectivity index (χ2v) is 6.52. The highest BCUT2D eigenvalue weighted by Crippen LogP contribution is 2.49. The molecule has 2 heterocycles. The van der Waals surface area contributed by atoms with E-state index in [1.165, 1.54) is 22.9 Å². The summed E-state index contributed by atoms with van der Waals surface area (Å²) in [6, 6.07) is 1.47. The van der Waals surface area contributed by atoms with E-state index in [-0.39, 0.29) is 30.7 Å². The second kappa shape index (κ2) is 5.14. The molecule has 0 saturated carbocycles. The highest BCUT2D eigenvalue weighted by atomic mass is 31.2. The van der Waals surface area contributed by atoms with Crippen LogP contribution in [0.15, 0.2) is 28.4 Å². The molecule has 0 fully saturated rings. The van der Waals surface area contributed by atoms with Crippen LogP contribution in [-0.2, 0) is 15.8 Å². The number of nitrogens with zero attached hydrogens (tertiary/aromatic N) is 2. The normalized spacial score (nSPS) is 23.4. The molecule has 0 amide bonds. The molecule has 0 radical (unpaired) electrons. The van der Waals surface area contributed by atoms with Crippen LogP contribution in [0.4, 0.5) is 5.82 Å². The zero-order chi connectivity index (χ0) is 15.0. The largest absolute Gasteiger partial charge is 0.383 e. The summed E-state index contributed by atoms with van der Waals surface area (Å²) in [4.78, 5) is 33.7. The number of hydrogen-bond donors (Lipinski definition) is 3. The molecule has 20 heavy (non-hydrogen) atoms. The van der Waals surface area contributed by atoms with E-state index in [4.69, 9.17) is 10.5 Å². The zero-order valence-corrected chi connectivity index (χ0v) is 11.8. The van der Waals surface area contributed by atoms with E-state index in [9.17, 15) is 19.1 Å². The van der Waals surface area contributed by atoms with Gasteiger partial charge in [-0.05, 0) is 19.1 Å². The molecule has 1 aromatic rings. The SMILES string of the molecule is CC1(Cn2ccc(N)nc2=O)C=C(P(=O)(O)O)CCO1. The minimum absolute atomic E-state index is 0.0303. The second-order valence-electron chi connectivity index (χ2n) is 4.85. The molecule has 0 bridgehead atoms. The Morgan fingerprint density at radius 1 is 1.60 bits per heavy atom. The number of nitrogens with two attached hydrogens (primary N) is 1. The first-order valence-electron chi connectivity index (χ1n) is 5.94. The molecular weight excluding hydrogens is 285 g/mol. The Morgan fingerprint density at radius 2 is 2.30 bits per heavy atom. The summed E-state index contributed by atoms with van der Waals surface area (Å²) in [5.41, 5.74) is 3.89. The number of ether oxygens (including phenoxy) is 1. The van der Waals surface area contributed by atoms with Crippen molar-refractivity contribution < 1.29 is 19.1 Å². The maximum atomic E-state index is 11.7. The van der Waals surface area contributed by atoms with Crippen LogP contribution in [0.1, 0.15) is 13.3 Å². The number of rotatable bonds is 3. The van der Waals surface area contributed by atoms with Crippen LogP contribution < -0.4 is 11.4 Å². The van der Waals surface area contributed by atoms with Crippen molar-refractivity contribution in [2.75, 3.05) is 12.3 Å². The van der Waals surface area contributed by atoms with E-state index in [1.54, 1.807) is 6.92 Å². The van der Waals surface area contributed by atoms with Gasteiger partial charge in [-0.15, -0.1) is 0 Å². The monoisotopic (exact) mass is 301 g/mol. The lowest BCUT2D eigenvalue weighted by molar-refractivity contribution is -0.0145. The predicted octanol–water partition coefficient (Wildman–Crippen LogP) is 0.0661. The summed E-state index contributed by atoms with van der Waals surface area (Å²) in [7, 11) is -4.29. The molecule has 110 valence electrons. The molecule has 0 saturated heterocycles. The van der Waals surface area contributed by atoms with Gasteiger partial charge in [-0.25, -0.2) is 4.79 Å². The maximum absolute atomic E-state index is 11.7. The number of anilines is 1. The number of aromatic nitrogens is 2. The predicted molar refractivity (Wildman–Crippen MR) is 72.0 cm³/mol. The van der Waals surface area contributed by atoms with E-state index in [0.29, 0.717) is 0 Å². The molecule has 9 heteroatoms. The molecule has 0 aromatic carbocycles. The first kappa shape index (κ1) is 14.9. The Hall–Kier alpha value is -1.47. The van der Waals surface area contributed by atoms with Gasteiger partial charge in [-0.1, -0.05) is 0 Å². The van der Waals surface area contributed by atoms with Crippen molar-refractivity contribution in [2.45, 2.75) is 25.5 Å². The Bertz CT molecular complexity index is 650. The maximum Gasteiger partial charge on any atom is 0.352 e. The van der Waals surface area contributed by atoms with Crippen LogP contribution in [0.2, 0.25) is 0 Å². The van der Waals surface area contributed by atoms with Crippen LogP contribution in [-0.4, -0.2) is 31.5 Å². The van der Waals surface area contributed by atoms with Crippen molar-refractivity contribution in [3.05, 3.63) is 34.1 Å². The van der Waals surface area contributed by atoms with Crippen molar-refractivity contribution in [1.29, 1.82) is 0 Å². The minimum atomic E-state index is -4.29. The fourth-order valence-electron chi connectivity index (χ4n) is 2.08. The van der Waals surface area contributed by atoms with E-state index < -0.39 is 18.9 Å². The molecule has 1 aliphatic rings. The van der Waals surface area contributed by atoms with E-state index in [0.717, 1.165) is 0 Å². The van der Waals surface area contributed by atoms with Crippen molar-refractivity contribution in [2.24, 2.45) is 0 Å². The molecule has 4 N–H and O–H groups in total. The standard InChI is InChI=1S/C11H16N3O5P/c1-11(6-8(3-5-19-11)20(16,17)18)7-14-4-2-9(12)13-10(14)15/h2,4,6H,3,5,7H2,1H3,(H2,12,13,15)(H2,16,17,18). The van der Waals surface area contributed by atoms with Crippen molar-refractivity contribution in [3.8, 4) is 0 Å². The fraction of sp³-hybridized carbons (Fsp3) is 0.455. The highest BCUT2D eigenvalue weighted by Gasteiger charge is 2.33. The van der Waals surface area contributed by atoms with Crippen LogP contribution >= 0.6 is 7.60 Å². The molecule has 2 rings (SSSR count). The van der Waals surface area contributed by atoms with Gasteiger partial charge >= 0.3 is 13.3 Å². The highest BCUT2D eigenvalue weighted by molar-refractivity contribution is 7.56. The van der Waals surface area contributed by atoms with Crippen LogP contribution in [0, 0.1) is 0 Å². The zero-order valence-electron chi connectivity index (χ0n) is 10.9. The number of nitrogen functional groups attached to an aromatic ring is 1. The number of hydrogen-bond acceptors (Lipinski definition) is 5. The minimum Gasteiger partial charge on any atom is -0.383 e. The first-order valence-corrected chi connectivity index (χ1v) is 7.56. The van der Waals surface area contributed by atoms with Gasteiger partial charge in [0.15, 0.2) is 0 Å². The van der Waals surface area contributed by atoms with Gasteiger partial charge in [-0.2, -0.15) is 4.98 Å². The fourth-order valence-corrected chi connectivity index (χ4v) is 2.90. The summed E-state index contributed by atoms with van der Waals surface area (Å²) in [5.74, 6) is 0.118. The van der Waals surface area contributed by atoms with Gasteiger partial charge in [-0.3, -0.25) is 9.13 Å². The first-order chi connectivity index (χ1) is 9.20. The molecule has 1 aromatic heterocycles. The molecule has 1 aliphatic heterocycles. The Balaban J connectivity index is 2.32. The van der Waals surface area contributed by atoms with Crippen LogP contribution in [0.5, 0.6) is 0 Å². The molecule has 1 atom stereocenters. The van der Waals surface area contributed by atoms with Crippen molar-refractivity contribution in [1.82, 2.24) is 9.55 Å². The topological polar surface area (TPSA) is 128 Å². The third-order valence-corrected chi connectivity index (χ3v) is 4.12. The van der Waals surface area contributed by atoms with Gasteiger partial charge < -0.3 is 20.3 Å². The quantitative estimate of drug-likeness (QED) is 0.674. The summed E-state index contributed by atoms with van der Waals surface area (Å²) in [6.45, 7) is 1.94. The lowest BCUT2D eigenvalue weighted by Crippen LogP contribution is -2.39. The molecule has 0 aliphatic carbocycles. The average Bonchev–Trinajstić information content (AvgIpc) is 2.32. The van der Waals surface area contributed by atoms with E-state index >= 15 is 0 Å². The van der Waals surface area contributed by atoms with Crippen LogP contribution in [0.25, 0.3) is 0 Å². The van der Waals surface area contributed by atoms with E-state index in [2.05, 4.69) is 4.98 Å². The molecule has 0 spiro atoms. The third kappa shape index (κ3) is 3.34. The summed E-state index contributed by atoms with van der Waals surface area (Å²) in [6.07, 6.45) is 3.04. The average molecular weight is 301 g/mol. The Labute approximate surface area is 115 Å². The smallest absolute Gasteiger partial charge is 0.352 e. The van der Waals surface area contributed by atoms with Crippen molar-refractivity contribution in [3.63, 3.8) is 0 Å². The third-order valence-electron chi connectivity index (χ3n) is 3.02. The van der Waals surface area contributed by atoms with Crippen LogP contribution in [0.3, 0.4) is 0 Å². The Kier molecular flexibility index (Phi) is 3.84. The summed E-state index contributed by atoms with van der Waals surface area (Å²) < 4.78 is 18.1.